The zero-order chi connectivity index (χ0) is 10.9. The molecule has 0 amide bonds. The van der Waals surface area contributed by atoms with Crippen LogP contribution >= 0.6 is 0 Å². The second-order valence-corrected chi connectivity index (χ2v) is 6.37. The molecule has 1 saturated carbocycles. The maximum atomic E-state index is 3.63. The number of rotatable bonds is 3. The van der Waals surface area contributed by atoms with Crippen LogP contribution in [0.15, 0.2) is 0 Å². The zero-order valence-electron chi connectivity index (χ0n) is 10.6. The van der Waals surface area contributed by atoms with Crippen molar-refractivity contribution in [3.8, 4) is 0 Å². The van der Waals surface area contributed by atoms with Crippen LogP contribution in [-0.4, -0.2) is 36.1 Å². The predicted octanol–water partition coefficient (Wildman–Crippen LogP) is 2.25. The first kappa shape index (κ1) is 11.4. The van der Waals surface area contributed by atoms with Crippen molar-refractivity contribution in [2.24, 2.45) is 5.92 Å². The second-order valence-electron chi connectivity index (χ2n) is 6.37. The molecule has 2 nitrogen and oxygen atoms in total. The molecule has 2 fully saturated rings. The highest BCUT2D eigenvalue weighted by Gasteiger charge is 2.31. The number of hydrogen-bond donors (Lipinski definition) is 1. The molecule has 2 rings (SSSR count). The Morgan fingerprint density at radius 2 is 1.93 bits per heavy atom. The topological polar surface area (TPSA) is 15.3 Å². The minimum absolute atomic E-state index is 0.282. The summed E-state index contributed by atoms with van der Waals surface area (Å²) in [5.74, 6) is 0.893. The molecule has 0 aromatic rings. The molecule has 1 heterocycles. The van der Waals surface area contributed by atoms with E-state index >= 15 is 0 Å². The van der Waals surface area contributed by atoms with E-state index in [9.17, 15) is 0 Å². The van der Waals surface area contributed by atoms with Gasteiger partial charge in [0.2, 0.25) is 0 Å². The molecule has 1 aliphatic heterocycles. The third kappa shape index (κ3) is 3.18. The summed E-state index contributed by atoms with van der Waals surface area (Å²) in [5, 5.41) is 3.63. The molecule has 2 heteroatoms. The summed E-state index contributed by atoms with van der Waals surface area (Å²) in [6, 6.07) is 0.949. The molecule has 0 aromatic carbocycles. The quantitative estimate of drug-likeness (QED) is 0.768. The summed E-state index contributed by atoms with van der Waals surface area (Å²) in [4.78, 5) is 2.72. The number of nitrogens with zero attached hydrogens (tertiary/aromatic N) is 1. The molecule has 2 aliphatic rings. The SMILES string of the molecule is CC(C)(C)NC[C@H]1CCN(C2CCC2)C1. The van der Waals surface area contributed by atoms with E-state index in [0.29, 0.717) is 0 Å². The summed E-state index contributed by atoms with van der Waals surface area (Å²) >= 11 is 0. The minimum atomic E-state index is 0.282. The Morgan fingerprint density at radius 3 is 2.47 bits per heavy atom. The van der Waals surface area contributed by atoms with Crippen molar-refractivity contribution >= 4 is 0 Å². The molecule has 0 aromatic heterocycles. The molecule has 0 spiro atoms. The van der Waals surface area contributed by atoms with Crippen LogP contribution in [0.1, 0.15) is 46.5 Å². The third-order valence-corrected chi connectivity index (χ3v) is 3.83. The molecule has 1 atom stereocenters. The van der Waals surface area contributed by atoms with Gasteiger partial charge in [0, 0.05) is 18.1 Å². The number of hydrogen-bond acceptors (Lipinski definition) is 2. The molecule has 0 radical (unpaired) electrons. The van der Waals surface area contributed by atoms with Gasteiger partial charge in [-0.15, -0.1) is 0 Å². The summed E-state index contributed by atoms with van der Waals surface area (Å²) in [6.07, 6.45) is 5.78. The highest BCUT2D eigenvalue weighted by Crippen LogP contribution is 2.29. The molecular weight excluding hydrogens is 184 g/mol. The average molecular weight is 210 g/mol. The minimum Gasteiger partial charge on any atom is -0.312 e. The van der Waals surface area contributed by atoms with Crippen LogP contribution in [0.2, 0.25) is 0 Å². The van der Waals surface area contributed by atoms with Crippen molar-refractivity contribution in [1.29, 1.82) is 0 Å². The lowest BCUT2D eigenvalue weighted by Crippen LogP contribution is -2.41. The van der Waals surface area contributed by atoms with Gasteiger partial charge >= 0.3 is 0 Å². The molecule has 0 bridgehead atoms. The lowest BCUT2D eigenvalue weighted by Gasteiger charge is -2.34. The lowest BCUT2D eigenvalue weighted by molar-refractivity contribution is 0.152. The van der Waals surface area contributed by atoms with Crippen LogP contribution in [0.25, 0.3) is 0 Å². The van der Waals surface area contributed by atoms with Crippen molar-refractivity contribution in [3.63, 3.8) is 0 Å². The Kier molecular flexibility index (Phi) is 3.36. The number of nitrogens with one attached hydrogen (secondary N) is 1. The molecule has 1 aliphatic carbocycles. The predicted molar refractivity (Wildman–Crippen MR) is 65.1 cm³/mol. The van der Waals surface area contributed by atoms with Gasteiger partial charge in [-0.3, -0.25) is 0 Å². The standard InChI is InChI=1S/C13H26N2/c1-13(2,3)14-9-11-7-8-15(10-11)12-5-4-6-12/h11-12,14H,4-10H2,1-3H3/t11-/m1/s1. The van der Waals surface area contributed by atoms with Crippen molar-refractivity contribution in [2.45, 2.75) is 58.0 Å². The fraction of sp³-hybridized carbons (Fsp3) is 1.00. The van der Waals surface area contributed by atoms with E-state index in [-0.39, 0.29) is 5.54 Å². The van der Waals surface area contributed by atoms with Crippen LogP contribution < -0.4 is 5.32 Å². The first-order chi connectivity index (χ1) is 7.04. The molecular formula is C13H26N2. The Hall–Kier alpha value is -0.0800. The first-order valence-corrected chi connectivity index (χ1v) is 6.54. The Labute approximate surface area is 94.4 Å². The molecule has 1 N–H and O–H groups in total. The Morgan fingerprint density at radius 1 is 1.20 bits per heavy atom. The van der Waals surface area contributed by atoms with Crippen LogP contribution in [0.5, 0.6) is 0 Å². The largest absolute Gasteiger partial charge is 0.312 e. The van der Waals surface area contributed by atoms with Crippen LogP contribution in [0.4, 0.5) is 0 Å². The van der Waals surface area contributed by atoms with Crippen LogP contribution in [0, 0.1) is 5.92 Å². The summed E-state index contributed by atoms with van der Waals surface area (Å²) in [6.45, 7) is 10.7. The van der Waals surface area contributed by atoms with Gasteiger partial charge in [-0.05, 0) is 59.0 Å². The third-order valence-electron chi connectivity index (χ3n) is 3.83. The number of likely N-dealkylation sites (tertiary alicyclic amines) is 1. The lowest BCUT2D eigenvalue weighted by atomic mass is 9.92. The highest BCUT2D eigenvalue weighted by molar-refractivity contribution is 4.87. The van der Waals surface area contributed by atoms with E-state index in [1.807, 2.05) is 0 Å². The first-order valence-electron chi connectivity index (χ1n) is 6.54. The van der Waals surface area contributed by atoms with E-state index in [2.05, 4.69) is 31.0 Å². The average Bonchev–Trinajstić information content (AvgIpc) is 2.45. The summed E-state index contributed by atoms with van der Waals surface area (Å²) in [5.41, 5.74) is 0.282. The molecule has 15 heavy (non-hydrogen) atoms. The van der Waals surface area contributed by atoms with Gasteiger partial charge in [-0.1, -0.05) is 6.42 Å². The maximum absolute atomic E-state index is 3.63. The highest BCUT2D eigenvalue weighted by atomic mass is 15.2. The van der Waals surface area contributed by atoms with Gasteiger partial charge < -0.3 is 10.2 Å². The fourth-order valence-electron chi connectivity index (χ4n) is 2.56. The van der Waals surface area contributed by atoms with Crippen molar-refractivity contribution in [3.05, 3.63) is 0 Å². The smallest absolute Gasteiger partial charge is 0.00966 e. The Balaban J connectivity index is 1.68. The van der Waals surface area contributed by atoms with Gasteiger partial charge in [-0.2, -0.15) is 0 Å². The molecule has 88 valence electrons. The molecule has 0 unspecified atom stereocenters. The molecule has 1 saturated heterocycles. The van der Waals surface area contributed by atoms with Gasteiger partial charge in [-0.25, -0.2) is 0 Å². The Bertz CT molecular complexity index is 203. The van der Waals surface area contributed by atoms with Crippen LogP contribution in [-0.2, 0) is 0 Å². The van der Waals surface area contributed by atoms with E-state index in [0.717, 1.165) is 12.0 Å². The maximum Gasteiger partial charge on any atom is 0.00966 e. The van der Waals surface area contributed by atoms with Crippen molar-refractivity contribution < 1.29 is 0 Å². The van der Waals surface area contributed by atoms with Gasteiger partial charge in [0.15, 0.2) is 0 Å². The second kappa shape index (κ2) is 4.42. The fourth-order valence-corrected chi connectivity index (χ4v) is 2.56. The van der Waals surface area contributed by atoms with E-state index in [1.165, 1.54) is 45.3 Å². The summed E-state index contributed by atoms with van der Waals surface area (Å²) < 4.78 is 0. The van der Waals surface area contributed by atoms with Crippen LogP contribution in [0.3, 0.4) is 0 Å². The zero-order valence-corrected chi connectivity index (χ0v) is 10.6. The van der Waals surface area contributed by atoms with Gasteiger partial charge in [0.1, 0.15) is 0 Å². The monoisotopic (exact) mass is 210 g/mol. The van der Waals surface area contributed by atoms with Crippen molar-refractivity contribution in [2.75, 3.05) is 19.6 Å². The van der Waals surface area contributed by atoms with E-state index in [1.54, 1.807) is 0 Å². The normalized spacial score (nSPS) is 29.4. The van der Waals surface area contributed by atoms with E-state index in [4.69, 9.17) is 0 Å². The van der Waals surface area contributed by atoms with Gasteiger partial charge in [0.05, 0.1) is 0 Å². The van der Waals surface area contributed by atoms with Crippen molar-refractivity contribution in [1.82, 2.24) is 10.2 Å². The van der Waals surface area contributed by atoms with E-state index < -0.39 is 0 Å². The summed E-state index contributed by atoms with van der Waals surface area (Å²) in [7, 11) is 0. The van der Waals surface area contributed by atoms with Gasteiger partial charge in [0.25, 0.3) is 0 Å².